The average molecular weight is 306 g/mol. The third kappa shape index (κ3) is 3.57. The monoisotopic (exact) mass is 306 g/mol. The minimum absolute atomic E-state index is 0.0622. The van der Waals surface area contributed by atoms with Crippen molar-refractivity contribution < 1.29 is 4.79 Å². The van der Waals surface area contributed by atoms with E-state index in [-0.39, 0.29) is 11.8 Å². The summed E-state index contributed by atoms with van der Waals surface area (Å²) in [5, 5.41) is 0. The lowest BCUT2D eigenvalue weighted by molar-refractivity contribution is 0.0826. The van der Waals surface area contributed by atoms with Crippen LogP contribution in [0.2, 0.25) is 0 Å². The van der Waals surface area contributed by atoms with Gasteiger partial charge in [-0.2, -0.15) is 0 Å². The van der Waals surface area contributed by atoms with E-state index in [1.54, 1.807) is 12.4 Å². The van der Waals surface area contributed by atoms with Crippen molar-refractivity contribution in [1.29, 1.82) is 0 Å². The standard InChI is InChI=1S/C20H22N2O/c1-2-19(20(23)18-9-6-12-21-15-18)22-13-10-17(11-14-22)16-7-4-3-5-8-16/h3-10,12,15,19H,2,11,13-14H2,1H3. The second-order valence-electron chi connectivity index (χ2n) is 5.87. The van der Waals surface area contributed by atoms with Gasteiger partial charge in [-0.3, -0.25) is 14.7 Å². The first-order valence-corrected chi connectivity index (χ1v) is 8.22. The first kappa shape index (κ1) is 15.6. The van der Waals surface area contributed by atoms with Crippen LogP contribution in [0.15, 0.2) is 60.9 Å². The van der Waals surface area contributed by atoms with Gasteiger partial charge >= 0.3 is 0 Å². The van der Waals surface area contributed by atoms with E-state index in [1.807, 2.05) is 18.2 Å². The minimum Gasteiger partial charge on any atom is -0.292 e. The van der Waals surface area contributed by atoms with Crippen molar-refractivity contribution in [3.63, 3.8) is 0 Å². The lowest BCUT2D eigenvalue weighted by Gasteiger charge is -2.32. The Morgan fingerprint density at radius 3 is 2.65 bits per heavy atom. The summed E-state index contributed by atoms with van der Waals surface area (Å²) in [6.07, 6.45) is 7.44. The average Bonchev–Trinajstić information content (AvgIpc) is 2.64. The summed E-state index contributed by atoms with van der Waals surface area (Å²) in [5.74, 6) is 0.178. The molecule has 1 aliphatic rings. The number of nitrogens with zero attached hydrogens (tertiary/aromatic N) is 2. The Balaban J connectivity index is 1.72. The van der Waals surface area contributed by atoms with E-state index < -0.39 is 0 Å². The molecule has 1 aliphatic heterocycles. The molecule has 3 heteroatoms. The van der Waals surface area contributed by atoms with Crippen molar-refractivity contribution in [3.8, 4) is 0 Å². The first-order chi connectivity index (χ1) is 11.3. The van der Waals surface area contributed by atoms with Gasteiger partial charge in [-0.15, -0.1) is 0 Å². The van der Waals surface area contributed by atoms with E-state index in [2.05, 4.69) is 47.1 Å². The van der Waals surface area contributed by atoms with Crippen LogP contribution in [0.4, 0.5) is 0 Å². The SMILES string of the molecule is CCC(C(=O)c1cccnc1)N1CC=C(c2ccccc2)CC1. The zero-order chi connectivity index (χ0) is 16.1. The van der Waals surface area contributed by atoms with Gasteiger partial charge in [-0.25, -0.2) is 0 Å². The number of pyridine rings is 1. The van der Waals surface area contributed by atoms with E-state index in [0.29, 0.717) is 5.56 Å². The van der Waals surface area contributed by atoms with Gasteiger partial charge in [0.1, 0.15) is 0 Å². The van der Waals surface area contributed by atoms with Gasteiger partial charge in [0.15, 0.2) is 5.78 Å². The molecule has 1 unspecified atom stereocenters. The summed E-state index contributed by atoms with van der Waals surface area (Å²) in [6.45, 7) is 3.83. The van der Waals surface area contributed by atoms with E-state index in [9.17, 15) is 4.79 Å². The maximum Gasteiger partial charge on any atom is 0.181 e. The molecule has 3 rings (SSSR count). The van der Waals surface area contributed by atoms with Crippen LogP contribution in [0, 0.1) is 0 Å². The van der Waals surface area contributed by atoms with Gasteiger partial charge in [-0.05, 0) is 36.1 Å². The maximum absolute atomic E-state index is 12.7. The summed E-state index contributed by atoms with van der Waals surface area (Å²) in [7, 11) is 0. The third-order valence-electron chi connectivity index (χ3n) is 4.46. The zero-order valence-electron chi connectivity index (χ0n) is 13.5. The Kier molecular flexibility index (Phi) is 4.99. The Bertz CT molecular complexity index is 679. The van der Waals surface area contributed by atoms with E-state index in [4.69, 9.17) is 0 Å². The predicted octanol–water partition coefficient (Wildman–Crippen LogP) is 3.83. The number of rotatable bonds is 5. The number of ketones is 1. The highest BCUT2D eigenvalue weighted by Gasteiger charge is 2.26. The molecule has 0 spiro atoms. The molecule has 0 bridgehead atoms. The Morgan fingerprint density at radius 2 is 2.04 bits per heavy atom. The number of carbonyl (C=O) groups is 1. The maximum atomic E-state index is 12.7. The predicted molar refractivity (Wildman–Crippen MR) is 93.3 cm³/mol. The van der Waals surface area contributed by atoms with Gasteiger partial charge in [0.25, 0.3) is 0 Å². The van der Waals surface area contributed by atoms with Gasteiger partial charge in [-0.1, -0.05) is 43.3 Å². The van der Waals surface area contributed by atoms with Crippen LogP contribution in [-0.4, -0.2) is 34.8 Å². The summed E-state index contributed by atoms with van der Waals surface area (Å²) < 4.78 is 0. The molecular formula is C20H22N2O. The molecule has 1 atom stereocenters. The number of hydrogen-bond donors (Lipinski definition) is 0. The molecule has 0 N–H and O–H groups in total. The molecule has 0 saturated heterocycles. The second-order valence-corrected chi connectivity index (χ2v) is 5.87. The van der Waals surface area contributed by atoms with Crippen LogP contribution < -0.4 is 0 Å². The van der Waals surface area contributed by atoms with Gasteiger partial charge < -0.3 is 0 Å². The van der Waals surface area contributed by atoms with Crippen LogP contribution in [-0.2, 0) is 0 Å². The summed E-state index contributed by atoms with van der Waals surface area (Å²) in [5.41, 5.74) is 3.38. The fourth-order valence-corrected chi connectivity index (χ4v) is 3.19. The molecule has 0 fully saturated rings. The summed E-state index contributed by atoms with van der Waals surface area (Å²) in [4.78, 5) is 19.1. The second kappa shape index (κ2) is 7.34. The Hall–Kier alpha value is -2.26. The molecule has 0 amide bonds. The van der Waals surface area contributed by atoms with Crippen LogP contribution in [0.1, 0.15) is 35.7 Å². The molecule has 1 aromatic carbocycles. The molecule has 0 radical (unpaired) electrons. The van der Waals surface area contributed by atoms with Gasteiger partial charge in [0.05, 0.1) is 6.04 Å². The summed E-state index contributed by atoms with van der Waals surface area (Å²) in [6, 6.07) is 14.1. The number of benzene rings is 1. The quantitative estimate of drug-likeness (QED) is 0.787. The normalized spacial score (nSPS) is 16.7. The fourth-order valence-electron chi connectivity index (χ4n) is 3.19. The Morgan fingerprint density at radius 1 is 1.22 bits per heavy atom. The highest BCUT2D eigenvalue weighted by Crippen LogP contribution is 2.24. The highest BCUT2D eigenvalue weighted by atomic mass is 16.1. The highest BCUT2D eigenvalue weighted by molar-refractivity contribution is 5.99. The van der Waals surface area contributed by atoms with Crippen LogP contribution >= 0.6 is 0 Å². The fraction of sp³-hybridized carbons (Fsp3) is 0.300. The van der Waals surface area contributed by atoms with Crippen molar-refractivity contribution >= 4 is 11.4 Å². The largest absolute Gasteiger partial charge is 0.292 e. The van der Waals surface area contributed by atoms with Crippen LogP contribution in [0.5, 0.6) is 0 Å². The van der Waals surface area contributed by atoms with E-state index in [1.165, 1.54) is 11.1 Å². The van der Waals surface area contributed by atoms with Crippen molar-refractivity contribution in [2.45, 2.75) is 25.8 Å². The molecule has 2 aromatic rings. The Labute approximate surface area is 137 Å². The number of hydrogen-bond acceptors (Lipinski definition) is 3. The summed E-state index contributed by atoms with van der Waals surface area (Å²) >= 11 is 0. The lowest BCUT2D eigenvalue weighted by atomic mass is 9.96. The van der Waals surface area contributed by atoms with Gasteiger partial charge in [0, 0.05) is 31.0 Å². The van der Waals surface area contributed by atoms with Crippen molar-refractivity contribution in [3.05, 3.63) is 72.1 Å². The van der Waals surface area contributed by atoms with E-state index >= 15 is 0 Å². The van der Waals surface area contributed by atoms with Crippen LogP contribution in [0.3, 0.4) is 0 Å². The van der Waals surface area contributed by atoms with Gasteiger partial charge in [0.2, 0.25) is 0 Å². The molecule has 118 valence electrons. The number of Topliss-reactive ketones (excluding diaryl/α,β-unsaturated/α-hetero) is 1. The lowest BCUT2D eigenvalue weighted by Crippen LogP contribution is -2.43. The van der Waals surface area contributed by atoms with Crippen molar-refractivity contribution in [1.82, 2.24) is 9.88 Å². The molecule has 1 aromatic heterocycles. The molecule has 2 heterocycles. The molecular weight excluding hydrogens is 284 g/mol. The van der Waals surface area contributed by atoms with Crippen molar-refractivity contribution in [2.24, 2.45) is 0 Å². The topological polar surface area (TPSA) is 33.2 Å². The van der Waals surface area contributed by atoms with E-state index in [0.717, 1.165) is 25.9 Å². The smallest absolute Gasteiger partial charge is 0.181 e. The first-order valence-electron chi connectivity index (χ1n) is 8.22. The molecule has 23 heavy (non-hydrogen) atoms. The van der Waals surface area contributed by atoms with Crippen molar-refractivity contribution in [2.75, 3.05) is 13.1 Å². The molecule has 0 saturated carbocycles. The number of aromatic nitrogens is 1. The zero-order valence-corrected chi connectivity index (χ0v) is 13.5. The number of carbonyl (C=O) groups excluding carboxylic acids is 1. The molecule has 0 aliphatic carbocycles. The van der Waals surface area contributed by atoms with Crippen LogP contribution in [0.25, 0.3) is 5.57 Å². The third-order valence-corrected chi connectivity index (χ3v) is 4.46. The molecule has 3 nitrogen and oxygen atoms in total. The minimum atomic E-state index is -0.0622.